The average molecular weight is 537 g/mol. The number of hydrogen-bond donors (Lipinski definition) is 2. The molecule has 5 rings (SSSR count). The predicted molar refractivity (Wildman–Crippen MR) is 150 cm³/mol. The van der Waals surface area contributed by atoms with E-state index in [-0.39, 0.29) is 47.2 Å². The number of rotatable bonds is 6. The average Bonchev–Trinajstić information content (AvgIpc) is 3.15. The minimum atomic E-state index is -0.252. The van der Waals surface area contributed by atoms with Crippen molar-refractivity contribution in [2.75, 3.05) is 44.2 Å². The molecule has 0 bridgehead atoms. The number of aromatic nitrogens is 1. The van der Waals surface area contributed by atoms with Crippen molar-refractivity contribution in [3.8, 4) is 0 Å². The van der Waals surface area contributed by atoms with Crippen LogP contribution in [0.3, 0.4) is 0 Å². The summed E-state index contributed by atoms with van der Waals surface area (Å²) in [6.07, 6.45) is 2.50. The molecule has 39 heavy (non-hydrogen) atoms. The van der Waals surface area contributed by atoms with Crippen molar-refractivity contribution >= 4 is 17.5 Å². The molecule has 2 fully saturated rings. The van der Waals surface area contributed by atoms with Crippen LogP contribution in [0.1, 0.15) is 51.4 Å². The number of nitrogens with zero attached hydrogens (tertiary/aromatic N) is 4. The van der Waals surface area contributed by atoms with Crippen LogP contribution in [0.2, 0.25) is 0 Å². The molecule has 4 heterocycles. The first-order chi connectivity index (χ1) is 18.5. The third-order valence-electron chi connectivity index (χ3n) is 8.37. The fourth-order valence-electron chi connectivity index (χ4n) is 6.19. The first-order valence-electron chi connectivity index (χ1n) is 14.1. The van der Waals surface area contributed by atoms with E-state index in [0.29, 0.717) is 19.5 Å². The Labute approximate surface area is 230 Å². The fourth-order valence-corrected chi connectivity index (χ4v) is 6.19. The molecule has 3 aliphatic rings. The fraction of sp³-hybridized carbons (Fsp3) is 0.567. The van der Waals surface area contributed by atoms with Gasteiger partial charge < -0.3 is 15.5 Å². The topological polar surface area (TPSA) is 80.8 Å². The van der Waals surface area contributed by atoms with E-state index < -0.39 is 0 Å². The molecule has 9 heteroatoms. The Morgan fingerprint density at radius 2 is 1.79 bits per heavy atom. The van der Waals surface area contributed by atoms with E-state index in [0.717, 1.165) is 48.7 Å². The molecule has 1 aromatic carbocycles. The summed E-state index contributed by atoms with van der Waals surface area (Å²) in [4.78, 5) is 37.5. The van der Waals surface area contributed by atoms with Crippen LogP contribution < -0.4 is 15.5 Å². The molecule has 2 saturated heterocycles. The zero-order chi connectivity index (χ0) is 27.9. The number of anilines is 1. The summed E-state index contributed by atoms with van der Waals surface area (Å²) < 4.78 is 13.4. The lowest BCUT2D eigenvalue weighted by Gasteiger charge is -2.44. The summed E-state index contributed by atoms with van der Waals surface area (Å²) in [5, 5.41) is 6.60. The number of carbonyl (C=O) groups is 2. The number of fused-ring (bicyclic) bond motifs is 1. The van der Waals surface area contributed by atoms with Crippen LogP contribution in [0.4, 0.5) is 10.1 Å². The van der Waals surface area contributed by atoms with Crippen molar-refractivity contribution in [1.29, 1.82) is 0 Å². The number of amides is 2. The molecular formula is C30H41FN6O2. The Balaban J connectivity index is 1.33. The van der Waals surface area contributed by atoms with Crippen molar-refractivity contribution in [2.24, 2.45) is 0 Å². The van der Waals surface area contributed by atoms with E-state index in [1.54, 1.807) is 12.1 Å². The van der Waals surface area contributed by atoms with Gasteiger partial charge >= 0.3 is 0 Å². The van der Waals surface area contributed by atoms with Gasteiger partial charge in [0.25, 0.3) is 0 Å². The van der Waals surface area contributed by atoms with Gasteiger partial charge in [-0.1, -0.05) is 26.0 Å². The minimum absolute atomic E-state index is 0.0633. The number of halogens is 1. The van der Waals surface area contributed by atoms with Crippen molar-refractivity contribution in [3.63, 3.8) is 0 Å². The Hall–Kier alpha value is -2.88. The van der Waals surface area contributed by atoms with E-state index in [1.165, 1.54) is 12.1 Å². The van der Waals surface area contributed by atoms with Gasteiger partial charge in [0.1, 0.15) is 5.82 Å². The summed E-state index contributed by atoms with van der Waals surface area (Å²) in [6.45, 7) is 14.4. The van der Waals surface area contributed by atoms with Gasteiger partial charge in [-0.25, -0.2) is 4.39 Å². The molecule has 2 N–H and O–H groups in total. The van der Waals surface area contributed by atoms with Crippen LogP contribution in [0.15, 0.2) is 36.5 Å². The standard InChI is InChI=1S/C30H41FN6O2/c1-19-14-36(25(13-32-19)16-35-15-20(2)34-29(39)21(35)3)17-27(38)37-18-30(4,5)28-26(37)11-23(12-33-28)10-22-6-8-24(31)9-7-22/h6-9,11-12,19-21,25,32H,10,13-18H2,1-5H3,(H,34,39)/t19-,20+,21-,25-/m1/s1. The summed E-state index contributed by atoms with van der Waals surface area (Å²) in [6, 6.07) is 8.92. The maximum Gasteiger partial charge on any atom is 0.241 e. The summed E-state index contributed by atoms with van der Waals surface area (Å²) in [5.74, 6) is -0.120. The normalized spacial score (nSPS) is 27.3. The molecule has 210 valence electrons. The summed E-state index contributed by atoms with van der Waals surface area (Å²) >= 11 is 0. The van der Waals surface area contributed by atoms with Crippen LogP contribution >= 0.6 is 0 Å². The number of pyridine rings is 1. The third-order valence-corrected chi connectivity index (χ3v) is 8.37. The van der Waals surface area contributed by atoms with Crippen LogP contribution in [0, 0.1) is 5.82 Å². The summed E-state index contributed by atoms with van der Waals surface area (Å²) in [7, 11) is 0. The van der Waals surface area contributed by atoms with Gasteiger partial charge in [-0.3, -0.25) is 24.4 Å². The molecule has 8 nitrogen and oxygen atoms in total. The Morgan fingerprint density at radius 1 is 1.08 bits per heavy atom. The first kappa shape index (κ1) is 27.7. The molecule has 2 amide bonds. The molecule has 4 atom stereocenters. The molecule has 2 aromatic rings. The summed E-state index contributed by atoms with van der Waals surface area (Å²) in [5.41, 5.74) is 3.56. The van der Waals surface area contributed by atoms with Crippen molar-refractivity contribution in [2.45, 2.75) is 70.6 Å². The molecular weight excluding hydrogens is 495 g/mol. The van der Waals surface area contributed by atoms with Crippen molar-refractivity contribution in [3.05, 3.63) is 59.2 Å². The monoisotopic (exact) mass is 536 g/mol. The zero-order valence-corrected chi connectivity index (χ0v) is 23.7. The van der Waals surface area contributed by atoms with Crippen LogP contribution in [-0.4, -0.2) is 90.0 Å². The lowest BCUT2D eigenvalue weighted by atomic mass is 9.91. The van der Waals surface area contributed by atoms with Gasteiger partial charge in [0.2, 0.25) is 11.8 Å². The van der Waals surface area contributed by atoms with E-state index in [9.17, 15) is 14.0 Å². The molecule has 3 aliphatic heterocycles. The third kappa shape index (κ3) is 6.00. The highest BCUT2D eigenvalue weighted by Gasteiger charge is 2.41. The maximum absolute atomic E-state index is 13.9. The van der Waals surface area contributed by atoms with Gasteiger partial charge in [0.15, 0.2) is 0 Å². The maximum atomic E-state index is 13.9. The molecule has 0 spiro atoms. The predicted octanol–water partition coefficient (Wildman–Crippen LogP) is 2.31. The zero-order valence-electron chi connectivity index (χ0n) is 23.7. The molecule has 0 unspecified atom stereocenters. The van der Waals surface area contributed by atoms with Crippen molar-refractivity contribution < 1.29 is 14.0 Å². The second-order valence-corrected chi connectivity index (χ2v) is 12.3. The largest absolute Gasteiger partial charge is 0.351 e. The number of piperazine rings is 2. The lowest BCUT2D eigenvalue weighted by molar-refractivity contribution is -0.130. The highest BCUT2D eigenvalue weighted by Crippen LogP contribution is 2.39. The smallest absolute Gasteiger partial charge is 0.241 e. The molecule has 0 radical (unpaired) electrons. The van der Waals surface area contributed by atoms with Crippen molar-refractivity contribution in [1.82, 2.24) is 25.4 Å². The number of hydrogen-bond acceptors (Lipinski definition) is 6. The number of carbonyl (C=O) groups excluding carboxylic acids is 2. The quantitative estimate of drug-likeness (QED) is 0.590. The molecule has 1 aromatic heterocycles. The molecule has 0 saturated carbocycles. The SMILES string of the molecule is C[C@@H]1CN(CC(=O)N2CC(C)(C)c3ncc(Cc4ccc(F)cc4)cc32)[C@@H](CN2C[C@H](C)NC(=O)[C@H]2C)CN1. The van der Waals surface area contributed by atoms with Gasteiger partial charge in [0.05, 0.1) is 24.0 Å². The van der Waals surface area contributed by atoms with Crippen LogP contribution in [0.25, 0.3) is 0 Å². The van der Waals surface area contributed by atoms with E-state index in [2.05, 4.69) is 47.3 Å². The Morgan fingerprint density at radius 3 is 2.54 bits per heavy atom. The number of nitrogens with one attached hydrogen (secondary N) is 2. The van der Waals surface area contributed by atoms with E-state index in [4.69, 9.17) is 4.98 Å². The second kappa shape index (κ2) is 10.9. The molecule has 0 aliphatic carbocycles. The van der Waals surface area contributed by atoms with Crippen LogP contribution in [-0.2, 0) is 21.4 Å². The minimum Gasteiger partial charge on any atom is -0.351 e. The highest BCUT2D eigenvalue weighted by molar-refractivity contribution is 5.97. The van der Waals surface area contributed by atoms with E-state index >= 15 is 0 Å². The number of benzene rings is 1. The lowest BCUT2D eigenvalue weighted by Crippen LogP contribution is -2.65. The van der Waals surface area contributed by atoms with Gasteiger partial charge in [-0.05, 0) is 56.5 Å². The second-order valence-electron chi connectivity index (χ2n) is 12.3. The highest BCUT2D eigenvalue weighted by atomic mass is 19.1. The van der Waals surface area contributed by atoms with Gasteiger partial charge in [-0.2, -0.15) is 0 Å². The van der Waals surface area contributed by atoms with Gasteiger partial charge in [0, 0.05) is 62.5 Å². The van der Waals surface area contributed by atoms with E-state index in [1.807, 2.05) is 24.9 Å². The van der Waals surface area contributed by atoms with Gasteiger partial charge in [-0.15, -0.1) is 0 Å². The van der Waals surface area contributed by atoms with Crippen LogP contribution in [0.5, 0.6) is 0 Å². The Bertz CT molecular complexity index is 1220. The first-order valence-corrected chi connectivity index (χ1v) is 14.1. The Kier molecular flexibility index (Phi) is 7.77.